The Morgan fingerprint density at radius 2 is 1.96 bits per heavy atom. The number of ether oxygens (including phenoxy) is 2. The standard InChI is InChI=1S/C18H17BrClNO3/c1-11-4-6-13(10-15(11)20)21-17(22)7-5-12-8-14(19)18(24-3)16(9-12)23-2/h4-10H,1-3H3,(H,21,22). The number of aryl methyl sites for hydroxylation is 1. The van der Waals surface area contributed by atoms with Crippen molar-refractivity contribution in [2.24, 2.45) is 0 Å². The van der Waals surface area contributed by atoms with Crippen molar-refractivity contribution < 1.29 is 14.3 Å². The Kier molecular flexibility index (Phi) is 6.29. The zero-order valence-corrected chi connectivity index (χ0v) is 15.9. The van der Waals surface area contributed by atoms with Gasteiger partial charge < -0.3 is 14.8 Å². The van der Waals surface area contributed by atoms with Crippen molar-refractivity contribution in [1.29, 1.82) is 0 Å². The molecule has 4 nitrogen and oxygen atoms in total. The van der Waals surface area contributed by atoms with E-state index in [2.05, 4.69) is 21.2 Å². The predicted octanol–water partition coefficient (Wildman–Crippen LogP) is 5.08. The van der Waals surface area contributed by atoms with Crippen molar-refractivity contribution >= 4 is 45.2 Å². The van der Waals surface area contributed by atoms with Crippen LogP contribution in [0.2, 0.25) is 5.02 Å². The SMILES string of the molecule is COc1cc(C=CC(=O)Nc2ccc(C)c(Cl)c2)cc(Br)c1OC. The average Bonchev–Trinajstić information content (AvgIpc) is 2.55. The molecule has 0 aliphatic heterocycles. The summed E-state index contributed by atoms with van der Waals surface area (Å²) < 4.78 is 11.3. The van der Waals surface area contributed by atoms with Gasteiger partial charge in [0.2, 0.25) is 5.91 Å². The van der Waals surface area contributed by atoms with Crippen molar-refractivity contribution in [3.8, 4) is 11.5 Å². The molecule has 126 valence electrons. The molecule has 24 heavy (non-hydrogen) atoms. The van der Waals surface area contributed by atoms with Gasteiger partial charge in [0.15, 0.2) is 11.5 Å². The molecule has 6 heteroatoms. The first kappa shape index (κ1) is 18.4. The first-order chi connectivity index (χ1) is 11.4. The largest absolute Gasteiger partial charge is 0.493 e. The van der Waals surface area contributed by atoms with Crippen molar-refractivity contribution in [1.82, 2.24) is 0 Å². The highest BCUT2D eigenvalue weighted by molar-refractivity contribution is 9.10. The molecule has 2 aromatic carbocycles. The maximum Gasteiger partial charge on any atom is 0.248 e. The van der Waals surface area contributed by atoms with E-state index in [9.17, 15) is 4.79 Å². The summed E-state index contributed by atoms with van der Waals surface area (Å²) in [6.45, 7) is 1.91. The second-order valence-corrected chi connectivity index (χ2v) is 6.29. The van der Waals surface area contributed by atoms with Gasteiger partial charge in [-0.15, -0.1) is 0 Å². The number of anilines is 1. The zero-order chi connectivity index (χ0) is 17.7. The van der Waals surface area contributed by atoms with Crippen LogP contribution >= 0.6 is 27.5 Å². The molecule has 0 saturated carbocycles. The summed E-state index contributed by atoms with van der Waals surface area (Å²) in [6, 6.07) is 9.01. The Morgan fingerprint density at radius 3 is 2.58 bits per heavy atom. The van der Waals surface area contributed by atoms with E-state index in [0.717, 1.165) is 15.6 Å². The third-order valence-corrected chi connectivity index (χ3v) is 4.32. The van der Waals surface area contributed by atoms with Crippen molar-refractivity contribution in [2.45, 2.75) is 6.92 Å². The van der Waals surface area contributed by atoms with Gasteiger partial charge in [-0.25, -0.2) is 0 Å². The lowest BCUT2D eigenvalue weighted by Crippen LogP contribution is -2.07. The van der Waals surface area contributed by atoms with E-state index in [4.69, 9.17) is 21.1 Å². The summed E-state index contributed by atoms with van der Waals surface area (Å²) in [4.78, 5) is 12.0. The second kappa shape index (κ2) is 8.22. The van der Waals surface area contributed by atoms with Gasteiger partial charge in [-0.3, -0.25) is 4.79 Å². The van der Waals surface area contributed by atoms with Crippen LogP contribution in [0.4, 0.5) is 5.69 Å². The Balaban J connectivity index is 2.13. The minimum Gasteiger partial charge on any atom is -0.493 e. The van der Waals surface area contributed by atoms with E-state index in [1.165, 1.54) is 6.08 Å². The van der Waals surface area contributed by atoms with Crippen LogP contribution in [0.15, 0.2) is 40.9 Å². The molecule has 0 aliphatic rings. The normalized spacial score (nSPS) is 10.7. The highest BCUT2D eigenvalue weighted by Gasteiger charge is 2.09. The number of hydrogen-bond donors (Lipinski definition) is 1. The quantitative estimate of drug-likeness (QED) is 0.699. The van der Waals surface area contributed by atoms with E-state index >= 15 is 0 Å². The average molecular weight is 411 g/mol. The molecule has 2 aromatic rings. The molecule has 0 atom stereocenters. The van der Waals surface area contributed by atoms with Gasteiger partial charge >= 0.3 is 0 Å². The summed E-state index contributed by atoms with van der Waals surface area (Å²) in [5, 5.41) is 3.38. The van der Waals surface area contributed by atoms with Crippen molar-refractivity contribution in [2.75, 3.05) is 19.5 Å². The molecule has 0 radical (unpaired) electrons. The lowest BCUT2D eigenvalue weighted by molar-refractivity contribution is -0.111. The zero-order valence-electron chi connectivity index (χ0n) is 13.5. The minimum atomic E-state index is -0.249. The fourth-order valence-corrected chi connectivity index (χ4v) is 2.86. The topological polar surface area (TPSA) is 47.6 Å². The first-order valence-corrected chi connectivity index (χ1v) is 8.28. The molecule has 1 N–H and O–H groups in total. The van der Waals surface area contributed by atoms with Gasteiger partial charge in [0.05, 0.1) is 18.7 Å². The number of rotatable bonds is 5. The van der Waals surface area contributed by atoms with Gasteiger partial charge in [-0.1, -0.05) is 17.7 Å². The Hall–Kier alpha value is -1.98. The first-order valence-electron chi connectivity index (χ1n) is 7.11. The van der Waals surface area contributed by atoms with E-state index in [1.807, 2.05) is 19.1 Å². The molecular formula is C18H17BrClNO3. The number of hydrogen-bond acceptors (Lipinski definition) is 3. The highest BCUT2D eigenvalue weighted by atomic mass is 79.9. The number of carbonyl (C=O) groups is 1. The second-order valence-electron chi connectivity index (χ2n) is 5.02. The van der Waals surface area contributed by atoms with Gasteiger partial charge in [-0.05, 0) is 64.3 Å². The van der Waals surface area contributed by atoms with Gasteiger partial charge in [-0.2, -0.15) is 0 Å². The summed E-state index contributed by atoms with van der Waals surface area (Å²) >= 11 is 9.47. The number of nitrogens with one attached hydrogen (secondary N) is 1. The molecule has 0 aliphatic carbocycles. The molecule has 0 saturated heterocycles. The summed E-state index contributed by atoms with van der Waals surface area (Å²) in [7, 11) is 3.13. The number of methoxy groups -OCH3 is 2. The smallest absolute Gasteiger partial charge is 0.248 e. The highest BCUT2D eigenvalue weighted by Crippen LogP contribution is 2.36. The van der Waals surface area contributed by atoms with Crippen molar-refractivity contribution in [3.05, 3.63) is 57.0 Å². The number of amides is 1. The molecule has 0 spiro atoms. The van der Waals surface area contributed by atoms with Crippen LogP contribution in [0.3, 0.4) is 0 Å². The van der Waals surface area contributed by atoms with Crippen LogP contribution in [0.25, 0.3) is 6.08 Å². The van der Waals surface area contributed by atoms with Crippen LogP contribution < -0.4 is 14.8 Å². The van der Waals surface area contributed by atoms with Crippen LogP contribution in [0.1, 0.15) is 11.1 Å². The van der Waals surface area contributed by atoms with Crippen LogP contribution in [-0.4, -0.2) is 20.1 Å². The van der Waals surface area contributed by atoms with E-state index < -0.39 is 0 Å². The predicted molar refractivity (Wildman–Crippen MR) is 101 cm³/mol. The third-order valence-electron chi connectivity index (χ3n) is 3.32. The molecule has 0 unspecified atom stereocenters. The van der Waals surface area contributed by atoms with Crippen LogP contribution in [-0.2, 0) is 4.79 Å². The third kappa shape index (κ3) is 4.52. The Bertz CT molecular complexity index is 790. The number of carbonyl (C=O) groups excluding carboxylic acids is 1. The minimum absolute atomic E-state index is 0.249. The summed E-state index contributed by atoms with van der Waals surface area (Å²) in [5.41, 5.74) is 2.41. The summed E-state index contributed by atoms with van der Waals surface area (Å²) in [5.74, 6) is 0.937. The van der Waals surface area contributed by atoms with Gasteiger partial charge in [0, 0.05) is 16.8 Å². The number of benzene rings is 2. The molecule has 0 heterocycles. The lowest BCUT2D eigenvalue weighted by Gasteiger charge is -2.10. The maximum absolute atomic E-state index is 12.0. The van der Waals surface area contributed by atoms with Gasteiger partial charge in [0.1, 0.15) is 0 Å². The molecule has 0 bridgehead atoms. The molecule has 1 amide bonds. The van der Waals surface area contributed by atoms with E-state index in [0.29, 0.717) is 22.2 Å². The Morgan fingerprint density at radius 1 is 1.21 bits per heavy atom. The maximum atomic E-state index is 12.0. The molecular weight excluding hydrogens is 394 g/mol. The Labute approximate surface area is 154 Å². The molecule has 0 aromatic heterocycles. The van der Waals surface area contributed by atoms with E-state index in [-0.39, 0.29) is 5.91 Å². The van der Waals surface area contributed by atoms with Crippen LogP contribution in [0.5, 0.6) is 11.5 Å². The summed E-state index contributed by atoms with van der Waals surface area (Å²) in [6.07, 6.45) is 3.14. The van der Waals surface area contributed by atoms with Gasteiger partial charge in [0.25, 0.3) is 0 Å². The van der Waals surface area contributed by atoms with Crippen LogP contribution in [0, 0.1) is 6.92 Å². The fourth-order valence-electron chi connectivity index (χ4n) is 2.06. The van der Waals surface area contributed by atoms with E-state index in [1.54, 1.807) is 38.5 Å². The van der Waals surface area contributed by atoms with Crippen molar-refractivity contribution in [3.63, 3.8) is 0 Å². The molecule has 0 fully saturated rings. The lowest BCUT2D eigenvalue weighted by atomic mass is 10.2. The monoisotopic (exact) mass is 409 g/mol. The fraction of sp³-hybridized carbons (Fsp3) is 0.167. The number of halogens is 2. The molecule has 2 rings (SSSR count).